The van der Waals surface area contributed by atoms with Gasteiger partial charge in [0.25, 0.3) is 10.0 Å². The molecule has 0 amide bonds. The second-order valence-electron chi connectivity index (χ2n) is 4.93. The van der Waals surface area contributed by atoms with Crippen molar-refractivity contribution in [3.8, 4) is 5.69 Å². The van der Waals surface area contributed by atoms with Gasteiger partial charge in [-0.25, -0.2) is 27.8 Å². The fraction of sp³-hybridized carbons (Fsp3) is 0.133. The molecule has 0 fully saturated rings. The lowest BCUT2D eigenvalue weighted by Gasteiger charge is -2.07. The number of benzene rings is 1. The van der Waals surface area contributed by atoms with Crippen molar-refractivity contribution >= 4 is 16.0 Å². The number of aromatic nitrogens is 4. The molecule has 3 rings (SSSR count). The molecule has 118 valence electrons. The number of para-hydroxylation sites is 1. The average molecular weight is 329 g/mol. The number of nitrogens with one attached hydrogen (secondary N) is 1. The van der Waals surface area contributed by atoms with E-state index < -0.39 is 10.0 Å². The first-order valence-electron chi connectivity index (χ1n) is 6.90. The van der Waals surface area contributed by atoms with Crippen LogP contribution in [0.3, 0.4) is 0 Å². The molecular formula is C15H15N5O2S. The highest BCUT2D eigenvalue weighted by Crippen LogP contribution is 2.23. The van der Waals surface area contributed by atoms with Crippen LogP contribution >= 0.6 is 0 Å². The Labute approximate surface area is 134 Å². The van der Waals surface area contributed by atoms with Crippen LogP contribution in [0.5, 0.6) is 0 Å². The van der Waals surface area contributed by atoms with Crippen LogP contribution in [-0.4, -0.2) is 28.2 Å². The molecule has 0 saturated carbocycles. The van der Waals surface area contributed by atoms with Crippen molar-refractivity contribution in [1.29, 1.82) is 0 Å². The van der Waals surface area contributed by atoms with E-state index in [1.165, 1.54) is 12.4 Å². The Balaban J connectivity index is 2.05. The summed E-state index contributed by atoms with van der Waals surface area (Å²) in [5.41, 5.74) is 1.73. The van der Waals surface area contributed by atoms with Crippen molar-refractivity contribution in [2.75, 3.05) is 4.72 Å². The van der Waals surface area contributed by atoms with Crippen LogP contribution in [0.25, 0.3) is 5.69 Å². The second kappa shape index (κ2) is 5.81. The summed E-state index contributed by atoms with van der Waals surface area (Å²) >= 11 is 0. The minimum Gasteiger partial charge on any atom is -0.247 e. The standard InChI is InChI=1S/C15H15N5O2S/c1-11-14(23(21,22)19-15-16-9-6-10-17-15)12(2)20(18-11)13-7-4-3-5-8-13/h3-10H,1-2H3,(H,16,17,19). The Kier molecular flexibility index (Phi) is 3.83. The molecule has 0 spiro atoms. The van der Waals surface area contributed by atoms with Gasteiger partial charge in [-0.05, 0) is 32.0 Å². The van der Waals surface area contributed by atoms with E-state index in [1.54, 1.807) is 24.6 Å². The van der Waals surface area contributed by atoms with Gasteiger partial charge in [0.1, 0.15) is 4.90 Å². The van der Waals surface area contributed by atoms with Crippen molar-refractivity contribution in [2.45, 2.75) is 18.7 Å². The van der Waals surface area contributed by atoms with Gasteiger partial charge < -0.3 is 0 Å². The number of aryl methyl sites for hydroxylation is 1. The van der Waals surface area contributed by atoms with Gasteiger partial charge in [0.05, 0.1) is 17.1 Å². The Bertz CT molecular complexity index is 921. The highest BCUT2D eigenvalue weighted by molar-refractivity contribution is 7.92. The third-order valence-corrected chi connectivity index (χ3v) is 4.87. The number of hydrogen-bond acceptors (Lipinski definition) is 5. The molecule has 0 radical (unpaired) electrons. The molecule has 0 aliphatic heterocycles. The lowest BCUT2D eigenvalue weighted by atomic mass is 10.3. The molecule has 1 N–H and O–H groups in total. The lowest BCUT2D eigenvalue weighted by molar-refractivity contribution is 0.599. The van der Waals surface area contributed by atoms with Crippen LogP contribution < -0.4 is 4.72 Å². The van der Waals surface area contributed by atoms with Gasteiger partial charge in [0.15, 0.2) is 0 Å². The molecule has 1 aromatic carbocycles. The smallest absolute Gasteiger partial charge is 0.247 e. The normalized spacial score (nSPS) is 11.4. The first-order valence-corrected chi connectivity index (χ1v) is 8.39. The van der Waals surface area contributed by atoms with Gasteiger partial charge in [-0.2, -0.15) is 5.10 Å². The monoisotopic (exact) mass is 329 g/mol. The van der Waals surface area contributed by atoms with E-state index in [0.717, 1.165) is 5.69 Å². The zero-order valence-corrected chi connectivity index (χ0v) is 13.4. The van der Waals surface area contributed by atoms with E-state index in [2.05, 4.69) is 19.8 Å². The summed E-state index contributed by atoms with van der Waals surface area (Å²) in [4.78, 5) is 7.90. The molecule has 0 aliphatic rings. The van der Waals surface area contributed by atoms with Crippen molar-refractivity contribution in [3.63, 3.8) is 0 Å². The number of sulfonamides is 1. The zero-order chi connectivity index (χ0) is 16.4. The fourth-order valence-electron chi connectivity index (χ4n) is 2.36. The summed E-state index contributed by atoms with van der Waals surface area (Å²) in [6.45, 7) is 3.38. The lowest BCUT2D eigenvalue weighted by Crippen LogP contribution is -2.16. The molecule has 0 saturated heterocycles. The van der Waals surface area contributed by atoms with E-state index >= 15 is 0 Å². The van der Waals surface area contributed by atoms with Gasteiger partial charge in [-0.3, -0.25) is 0 Å². The van der Waals surface area contributed by atoms with E-state index in [4.69, 9.17) is 0 Å². The maximum absolute atomic E-state index is 12.6. The van der Waals surface area contributed by atoms with E-state index in [0.29, 0.717) is 11.4 Å². The van der Waals surface area contributed by atoms with Crippen LogP contribution in [0.1, 0.15) is 11.4 Å². The van der Waals surface area contributed by atoms with Crippen molar-refractivity contribution < 1.29 is 8.42 Å². The summed E-state index contributed by atoms with van der Waals surface area (Å²) < 4.78 is 29.3. The summed E-state index contributed by atoms with van der Waals surface area (Å²) in [7, 11) is -3.82. The van der Waals surface area contributed by atoms with Crippen molar-refractivity contribution in [3.05, 3.63) is 60.2 Å². The maximum Gasteiger partial charge on any atom is 0.267 e. The van der Waals surface area contributed by atoms with Crippen molar-refractivity contribution in [2.24, 2.45) is 0 Å². The predicted octanol–water partition coefficient (Wildman–Crippen LogP) is 2.08. The second-order valence-corrected chi connectivity index (χ2v) is 6.54. The number of rotatable bonds is 4. The molecule has 0 bridgehead atoms. The van der Waals surface area contributed by atoms with Gasteiger partial charge in [0.2, 0.25) is 5.95 Å². The van der Waals surface area contributed by atoms with E-state index in [9.17, 15) is 8.42 Å². The quantitative estimate of drug-likeness (QED) is 0.791. The topological polar surface area (TPSA) is 89.8 Å². The van der Waals surface area contributed by atoms with Crippen LogP contribution in [0.15, 0.2) is 53.7 Å². The molecule has 0 unspecified atom stereocenters. The number of hydrogen-bond donors (Lipinski definition) is 1. The Morgan fingerprint density at radius 3 is 2.30 bits per heavy atom. The zero-order valence-electron chi connectivity index (χ0n) is 12.6. The summed E-state index contributed by atoms with van der Waals surface area (Å²) in [6, 6.07) is 11.0. The van der Waals surface area contributed by atoms with E-state index in [1.807, 2.05) is 30.3 Å². The van der Waals surface area contributed by atoms with Gasteiger partial charge >= 0.3 is 0 Å². The first-order chi connectivity index (χ1) is 11.0. The Morgan fingerprint density at radius 2 is 1.65 bits per heavy atom. The number of nitrogens with zero attached hydrogens (tertiary/aromatic N) is 4. The fourth-order valence-corrected chi connectivity index (χ4v) is 3.71. The Hall–Kier alpha value is -2.74. The average Bonchev–Trinajstić information content (AvgIpc) is 2.84. The molecule has 7 nitrogen and oxygen atoms in total. The molecule has 2 aromatic heterocycles. The molecule has 23 heavy (non-hydrogen) atoms. The van der Waals surface area contributed by atoms with Crippen LogP contribution in [0.4, 0.5) is 5.95 Å². The third kappa shape index (κ3) is 2.93. The molecule has 3 aromatic rings. The summed E-state index contributed by atoms with van der Waals surface area (Å²) in [5, 5.41) is 4.35. The molecular weight excluding hydrogens is 314 g/mol. The largest absolute Gasteiger partial charge is 0.267 e. The third-order valence-electron chi connectivity index (χ3n) is 3.29. The minimum absolute atomic E-state index is 0.0266. The van der Waals surface area contributed by atoms with Crippen LogP contribution in [0, 0.1) is 13.8 Å². The van der Waals surface area contributed by atoms with Crippen LogP contribution in [-0.2, 0) is 10.0 Å². The molecule has 2 heterocycles. The minimum atomic E-state index is -3.82. The maximum atomic E-state index is 12.6. The number of anilines is 1. The van der Waals surface area contributed by atoms with Crippen molar-refractivity contribution in [1.82, 2.24) is 19.7 Å². The first kappa shape index (κ1) is 15.2. The highest BCUT2D eigenvalue weighted by atomic mass is 32.2. The van der Waals surface area contributed by atoms with Gasteiger partial charge in [-0.15, -0.1) is 0 Å². The SMILES string of the molecule is Cc1nn(-c2ccccc2)c(C)c1S(=O)(=O)Nc1ncccn1. The van der Waals surface area contributed by atoms with Gasteiger partial charge in [0, 0.05) is 12.4 Å². The van der Waals surface area contributed by atoms with Gasteiger partial charge in [-0.1, -0.05) is 18.2 Å². The van der Waals surface area contributed by atoms with E-state index in [-0.39, 0.29) is 10.8 Å². The highest BCUT2D eigenvalue weighted by Gasteiger charge is 2.25. The Morgan fingerprint density at radius 1 is 1.00 bits per heavy atom. The molecule has 0 aliphatic carbocycles. The predicted molar refractivity (Wildman–Crippen MR) is 85.9 cm³/mol. The van der Waals surface area contributed by atoms with Crippen LogP contribution in [0.2, 0.25) is 0 Å². The summed E-state index contributed by atoms with van der Waals surface area (Å²) in [5.74, 6) is 0.0266. The molecule has 0 atom stereocenters. The summed E-state index contributed by atoms with van der Waals surface area (Å²) in [6.07, 6.45) is 2.94. The molecule has 8 heteroatoms.